The van der Waals surface area contributed by atoms with Crippen molar-refractivity contribution in [1.29, 1.82) is 0 Å². The molecule has 0 fully saturated rings. The van der Waals surface area contributed by atoms with Gasteiger partial charge in [0.15, 0.2) is 5.75 Å². The van der Waals surface area contributed by atoms with Crippen molar-refractivity contribution in [3.05, 3.63) is 96.1 Å². The number of para-hydroxylation sites is 1. The Morgan fingerprint density at radius 1 is 0.892 bits per heavy atom. The summed E-state index contributed by atoms with van der Waals surface area (Å²) in [6.45, 7) is 8.61. The van der Waals surface area contributed by atoms with E-state index in [1.54, 1.807) is 0 Å². The summed E-state index contributed by atoms with van der Waals surface area (Å²) in [4.78, 5) is 9.92. The van der Waals surface area contributed by atoms with Gasteiger partial charge < -0.3 is 14.5 Å². The lowest BCUT2D eigenvalue weighted by Crippen LogP contribution is -2.62. The average Bonchev–Trinajstić information content (AvgIpc) is 3.10. The minimum Gasteiger partial charge on any atom is -0.459 e. The van der Waals surface area contributed by atoms with Gasteiger partial charge in [0.05, 0.1) is 11.6 Å². The van der Waals surface area contributed by atoms with Crippen molar-refractivity contribution in [3.8, 4) is 5.75 Å². The van der Waals surface area contributed by atoms with Crippen LogP contribution in [0.25, 0.3) is 10.8 Å². The Balaban J connectivity index is 1.44. The molecule has 4 aromatic carbocycles. The van der Waals surface area contributed by atoms with Gasteiger partial charge in [-0.2, -0.15) is 0 Å². The lowest BCUT2D eigenvalue weighted by molar-refractivity contribution is 0.0778. The number of fused-ring (bicyclic) bond motifs is 4. The summed E-state index contributed by atoms with van der Waals surface area (Å²) in [5, 5.41) is 2.33. The second kappa shape index (κ2) is 8.95. The third-order valence-electron chi connectivity index (χ3n) is 8.20. The first-order valence-corrected chi connectivity index (χ1v) is 13.4. The van der Waals surface area contributed by atoms with Gasteiger partial charge in [0.2, 0.25) is 5.72 Å². The molecule has 188 valence electrons. The van der Waals surface area contributed by atoms with E-state index in [4.69, 9.17) is 9.73 Å². The van der Waals surface area contributed by atoms with Crippen molar-refractivity contribution in [3.63, 3.8) is 0 Å². The van der Waals surface area contributed by atoms with Crippen LogP contribution in [0.3, 0.4) is 0 Å². The molecule has 1 atom stereocenters. The van der Waals surface area contributed by atoms with Crippen molar-refractivity contribution >= 4 is 34.0 Å². The maximum atomic E-state index is 7.16. The molecule has 0 saturated heterocycles. The Kier molecular flexibility index (Phi) is 5.71. The molecular weight excluding hydrogens is 454 g/mol. The summed E-state index contributed by atoms with van der Waals surface area (Å²) >= 11 is 0. The molecule has 4 heteroatoms. The zero-order chi connectivity index (χ0) is 25.6. The van der Waals surface area contributed by atoms with Gasteiger partial charge in [-0.15, -0.1) is 0 Å². The summed E-state index contributed by atoms with van der Waals surface area (Å²) in [6.07, 6.45) is 4.08. The van der Waals surface area contributed by atoms with E-state index in [0.29, 0.717) is 0 Å². The van der Waals surface area contributed by atoms with Gasteiger partial charge in [-0.05, 0) is 43.9 Å². The molecule has 2 heterocycles. The molecule has 2 aliphatic rings. The average molecular weight is 490 g/mol. The Hall–Kier alpha value is -3.79. The number of benzene rings is 4. The van der Waals surface area contributed by atoms with Crippen molar-refractivity contribution in [2.45, 2.75) is 44.8 Å². The van der Waals surface area contributed by atoms with Crippen LogP contribution in [0, 0.1) is 0 Å². The Morgan fingerprint density at radius 3 is 2.38 bits per heavy atom. The molecule has 1 spiro atoms. The van der Waals surface area contributed by atoms with Gasteiger partial charge in [-0.3, -0.25) is 4.99 Å². The van der Waals surface area contributed by atoms with Crippen LogP contribution in [0.15, 0.2) is 89.9 Å². The van der Waals surface area contributed by atoms with E-state index in [-0.39, 0.29) is 5.41 Å². The maximum absolute atomic E-state index is 7.16. The van der Waals surface area contributed by atoms with Crippen LogP contribution in [0.1, 0.15) is 38.3 Å². The van der Waals surface area contributed by atoms with Gasteiger partial charge in [-0.1, -0.05) is 79.7 Å². The highest BCUT2D eigenvalue weighted by atomic mass is 16.5. The molecular formula is C33H35N3O. The highest BCUT2D eigenvalue weighted by Crippen LogP contribution is 2.55. The number of nitrogens with zero attached hydrogens (tertiary/aromatic N) is 3. The van der Waals surface area contributed by atoms with Crippen molar-refractivity contribution in [1.82, 2.24) is 0 Å². The number of aliphatic imine (C=N–C) groups is 1. The van der Waals surface area contributed by atoms with Crippen LogP contribution < -0.4 is 14.5 Å². The smallest absolute Gasteiger partial charge is 0.228 e. The number of hydrogen-bond donors (Lipinski definition) is 0. The SMILES string of the molecule is CCCN1c2ccccc2C(C)(C)C12C=Nc1c(cc(N(C)CCc3ccccc3)c3ccccc13)O2. The topological polar surface area (TPSA) is 28.1 Å². The normalized spacial score (nSPS) is 19.1. The van der Waals surface area contributed by atoms with E-state index in [1.807, 2.05) is 0 Å². The fraction of sp³-hybridized carbons (Fsp3) is 0.303. The summed E-state index contributed by atoms with van der Waals surface area (Å²) < 4.78 is 7.16. The highest BCUT2D eigenvalue weighted by Gasteiger charge is 2.59. The Morgan fingerprint density at radius 2 is 1.59 bits per heavy atom. The molecule has 0 saturated carbocycles. The predicted octanol–water partition coefficient (Wildman–Crippen LogP) is 7.52. The van der Waals surface area contributed by atoms with Gasteiger partial charge in [0, 0.05) is 48.4 Å². The first-order valence-electron chi connectivity index (χ1n) is 13.4. The van der Waals surface area contributed by atoms with E-state index < -0.39 is 5.72 Å². The summed E-state index contributed by atoms with van der Waals surface area (Å²) in [7, 11) is 2.18. The van der Waals surface area contributed by atoms with Gasteiger partial charge in [-0.25, -0.2) is 0 Å². The predicted molar refractivity (Wildman–Crippen MR) is 156 cm³/mol. The van der Waals surface area contributed by atoms with Crippen LogP contribution in [0.2, 0.25) is 0 Å². The minimum absolute atomic E-state index is 0.273. The van der Waals surface area contributed by atoms with Crippen LogP contribution in [0.4, 0.5) is 17.1 Å². The third-order valence-corrected chi connectivity index (χ3v) is 8.20. The largest absolute Gasteiger partial charge is 0.459 e. The van der Waals surface area contributed by atoms with Crippen molar-refractivity contribution < 1.29 is 4.74 Å². The first-order chi connectivity index (χ1) is 18.0. The quantitative estimate of drug-likeness (QED) is 0.280. The number of likely N-dealkylation sites (N-methyl/N-ethyl adjacent to an activating group) is 1. The van der Waals surface area contributed by atoms with Crippen LogP contribution in [-0.2, 0) is 11.8 Å². The number of ether oxygens (including phenoxy) is 1. The minimum atomic E-state index is -0.679. The zero-order valence-corrected chi connectivity index (χ0v) is 22.2. The van der Waals surface area contributed by atoms with Crippen molar-refractivity contribution in [2.24, 2.45) is 4.99 Å². The monoisotopic (exact) mass is 489 g/mol. The molecule has 0 aromatic heterocycles. The Labute approximate surface area is 220 Å². The van der Waals surface area contributed by atoms with E-state index in [1.165, 1.54) is 27.9 Å². The molecule has 1 unspecified atom stereocenters. The van der Waals surface area contributed by atoms with Crippen LogP contribution >= 0.6 is 0 Å². The molecule has 0 bridgehead atoms. The standard InChI is InChI=1S/C33H35N3O/c1-5-20-36-28-18-12-11-17-27(28)32(2,3)33(36)23-34-31-26-16-10-9-15-25(26)29(22-30(31)37-33)35(4)21-19-24-13-7-6-8-14-24/h6-18,22-23H,5,19-21H2,1-4H3. The second-order valence-corrected chi connectivity index (χ2v) is 10.8. The second-order valence-electron chi connectivity index (χ2n) is 10.8. The van der Waals surface area contributed by atoms with Gasteiger partial charge in [0.1, 0.15) is 5.69 Å². The number of anilines is 2. The zero-order valence-electron chi connectivity index (χ0n) is 22.2. The Bertz CT molecular complexity index is 1480. The lowest BCUT2D eigenvalue weighted by Gasteiger charge is -2.46. The highest BCUT2D eigenvalue weighted by molar-refractivity contribution is 6.06. The van der Waals surface area contributed by atoms with E-state index >= 15 is 0 Å². The molecule has 0 amide bonds. The summed E-state index contributed by atoms with van der Waals surface area (Å²) in [5.41, 5.74) is 5.03. The lowest BCUT2D eigenvalue weighted by atomic mass is 9.77. The van der Waals surface area contributed by atoms with E-state index in [2.05, 4.69) is 129 Å². The molecule has 4 nitrogen and oxygen atoms in total. The number of rotatable bonds is 6. The molecule has 2 aliphatic heterocycles. The molecule has 0 aliphatic carbocycles. The fourth-order valence-corrected chi connectivity index (χ4v) is 6.12. The summed E-state index contributed by atoms with van der Waals surface area (Å²) in [6, 6.07) is 30.2. The van der Waals surface area contributed by atoms with E-state index in [0.717, 1.165) is 42.8 Å². The van der Waals surface area contributed by atoms with Crippen LogP contribution in [-0.4, -0.2) is 32.1 Å². The first kappa shape index (κ1) is 23.6. The molecule has 0 radical (unpaired) electrons. The molecule has 0 N–H and O–H groups in total. The van der Waals surface area contributed by atoms with Crippen molar-refractivity contribution in [2.75, 3.05) is 29.9 Å². The van der Waals surface area contributed by atoms with E-state index in [9.17, 15) is 0 Å². The maximum Gasteiger partial charge on any atom is 0.228 e. The summed E-state index contributed by atoms with van der Waals surface area (Å²) in [5.74, 6) is 0.852. The van der Waals surface area contributed by atoms with Gasteiger partial charge >= 0.3 is 0 Å². The molecule has 37 heavy (non-hydrogen) atoms. The third kappa shape index (κ3) is 3.61. The fourth-order valence-electron chi connectivity index (χ4n) is 6.12. The van der Waals surface area contributed by atoms with Crippen LogP contribution in [0.5, 0.6) is 5.75 Å². The number of hydrogen-bond acceptors (Lipinski definition) is 4. The molecule has 4 aromatic rings. The molecule has 6 rings (SSSR count). The van der Waals surface area contributed by atoms with Gasteiger partial charge in [0.25, 0.3) is 0 Å².